The van der Waals surface area contributed by atoms with Gasteiger partial charge in [-0.05, 0) is 0 Å². The van der Waals surface area contributed by atoms with E-state index in [1.807, 2.05) is 0 Å². The Morgan fingerprint density at radius 1 is 0.514 bits per heavy atom. The molecule has 3 aliphatic rings. The maximum Gasteiger partial charge on any atom is 0.115 e. The molecule has 0 saturated carbocycles. The minimum Gasteiger partial charge on any atom is -0.394 e. The smallest absolute Gasteiger partial charge is 0.115 e. The van der Waals surface area contributed by atoms with E-state index in [-0.39, 0.29) is 6.61 Å². The van der Waals surface area contributed by atoms with E-state index in [9.17, 15) is 51.1 Å². The van der Waals surface area contributed by atoms with Gasteiger partial charge in [-0.15, -0.1) is 0 Å². The third-order valence-corrected chi connectivity index (χ3v) is 6.62. The summed E-state index contributed by atoms with van der Waals surface area (Å²) in [4.78, 5) is 0. The van der Waals surface area contributed by atoms with Crippen LogP contribution in [0.2, 0.25) is 0 Å². The summed E-state index contributed by atoms with van der Waals surface area (Å²) >= 11 is 0. The first kappa shape index (κ1) is 29.0. The Kier molecular flexibility index (Phi) is 10.6. The summed E-state index contributed by atoms with van der Waals surface area (Å²) < 4.78 is 27.2. The van der Waals surface area contributed by atoms with Crippen LogP contribution in [0.5, 0.6) is 0 Å². The lowest BCUT2D eigenvalue weighted by Crippen LogP contribution is -2.63. The van der Waals surface area contributed by atoms with Crippen LogP contribution in [-0.4, -0.2) is 176 Å². The van der Waals surface area contributed by atoms with Crippen molar-refractivity contribution >= 4 is 0 Å². The first-order chi connectivity index (χ1) is 16.6. The van der Waals surface area contributed by atoms with Gasteiger partial charge in [0.2, 0.25) is 0 Å². The molecule has 3 fully saturated rings. The molecule has 206 valence electrons. The molecule has 3 heterocycles. The van der Waals surface area contributed by atoms with Gasteiger partial charge in [0.05, 0.1) is 39.6 Å². The molecule has 3 saturated heterocycles. The minimum absolute atomic E-state index is 0.207. The highest BCUT2D eigenvalue weighted by Gasteiger charge is 2.48. The van der Waals surface area contributed by atoms with Crippen molar-refractivity contribution < 1.29 is 74.7 Å². The average molecular weight is 516 g/mol. The van der Waals surface area contributed by atoms with E-state index in [1.165, 1.54) is 0 Å². The number of aliphatic hydroxyl groups excluding tert-OH is 10. The first-order valence-corrected chi connectivity index (χ1v) is 11.4. The summed E-state index contributed by atoms with van der Waals surface area (Å²) in [5.74, 6) is 0. The van der Waals surface area contributed by atoms with E-state index in [4.69, 9.17) is 23.7 Å². The molecule has 0 aromatic heterocycles. The van der Waals surface area contributed by atoms with Gasteiger partial charge in [-0.2, -0.15) is 0 Å². The molecule has 3 aliphatic heterocycles. The summed E-state index contributed by atoms with van der Waals surface area (Å²) in [6.45, 7) is -2.89. The van der Waals surface area contributed by atoms with Gasteiger partial charge in [0.25, 0.3) is 0 Å². The summed E-state index contributed by atoms with van der Waals surface area (Å²) in [7, 11) is 0. The predicted molar refractivity (Wildman–Crippen MR) is 110 cm³/mol. The molecule has 15 heteroatoms. The molecule has 6 unspecified atom stereocenters. The Morgan fingerprint density at radius 3 is 1.54 bits per heavy atom. The number of rotatable bonds is 9. The summed E-state index contributed by atoms with van der Waals surface area (Å²) in [6, 6.07) is 0. The third-order valence-electron chi connectivity index (χ3n) is 6.62. The fraction of sp³-hybridized carbons (Fsp3) is 1.00. The highest BCUT2D eigenvalue weighted by atomic mass is 16.6. The van der Waals surface area contributed by atoms with Gasteiger partial charge in [0, 0.05) is 0 Å². The van der Waals surface area contributed by atoms with E-state index in [1.54, 1.807) is 0 Å². The quantitative estimate of drug-likeness (QED) is 0.137. The molecule has 0 aromatic carbocycles. The van der Waals surface area contributed by atoms with Crippen LogP contribution in [0.1, 0.15) is 0 Å². The second-order valence-electron chi connectivity index (χ2n) is 8.95. The number of ether oxygens (including phenoxy) is 5. The van der Waals surface area contributed by atoms with E-state index >= 15 is 0 Å². The van der Waals surface area contributed by atoms with Crippen molar-refractivity contribution in [3.05, 3.63) is 0 Å². The van der Waals surface area contributed by atoms with E-state index < -0.39 is 118 Å². The fourth-order valence-electron chi connectivity index (χ4n) is 4.44. The molecule has 0 radical (unpaired) electrons. The largest absolute Gasteiger partial charge is 0.394 e. The molecular weight excluding hydrogens is 480 g/mol. The van der Waals surface area contributed by atoms with Crippen molar-refractivity contribution in [3.63, 3.8) is 0 Å². The Balaban J connectivity index is 1.64. The molecule has 15 nitrogen and oxygen atoms in total. The zero-order valence-electron chi connectivity index (χ0n) is 18.8. The van der Waals surface area contributed by atoms with Crippen molar-refractivity contribution in [2.45, 2.75) is 85.5 Å². The molecular formula is C20H36O15. The maximum absolute atomic E-state index is 10.8. The maximum atomic E-state index is 10.8. The minimum atomic E-state index is -1.63. The van der Waals surface area contributed by atoms with Crippen LogP contribution in [0.25, 0.3) is 0 Å². The predicted octanol–water partition coefficient (Wildman–Crippen LogP) is -6.81. The van der Waals surface area contributed by atoms with Crippen LogP contribution in [0.4, 0.5) is 0 Å². The normalized spacial score (nSPS) is 49.2. The highest BCUT2D eigenvalue weighted by Crippen LogP contribution is 2.28. The van der Waals surface area contributed by atoms with Gasteiger partial charge >= 0.3 is 0 Å². The van der Waals surface area contributed by atoms with Crippen LogP contribution in [0.15, 0.2) is 0 Å². The Hall–Kier alpha value is -0.600. The summed E-state index contributed by atoms with van der Waals surface area (Å²) in [5, 5.41) is 99.6. The van der Waals surface area contributed by atoms with Gasteiger partial charge in [-0.3, -0.25) is 0 Å². The van der Waals surface area contributed by atoms with Crippen LogP contribution in [0, 0.1) is 0 Å². The molecule has 14 atom stereocenters. The summed E-state index contributed by atoms with van der Waals surface area (Å²) in [6.07, 6.45) is -18.8. The average Bonchev–Trinajstić information content (AvgIpc) is 2.85. The van der Waals surface area contributed by atoms with E-state index in [0.29, 0.717) is 0 Å². The second kappa shape index (κ2) is 12.8. The van der Waals surface area contributed by atoms with Crippen molar-refractivity contribution in [2.24, 2.45) is 0 Å². The van der Waals surface area contributed by atoms with Crippen LogP contribution < -0.4 is 0 Å². The lowest BCUT2D eigenvalue weighted by Gasteiger charge is -2.45. The molecule has 10 N–H and O–H groups in total. The molecule has 3 rings (SSSR count). The van der Waals surface area contributed by atoms with Crippen molar-refractivity contribution in [1.29, 1.82) is 0 Å². The van der Waals surface area contributed by atoms with Crippen LogP contribution in [0.3, 0.4) is 0 Å². The molecule has 35 heavy (non-hydrogen) atoms. The molecule has 0 aliphatic carbocycles. The van der Waals surface area contributed by atoms with Gasteiger partial charge in [-0.1, -0.05) is 0 Å². The van der Waals surface area contributed by atoms with Crippen molar-refractivity contribution in [2.75, 3.05) is 39.6 Å². The molecule has 0 spiro atoms. The number of hydrogen-bond donors (Lipinski definition) is 10. The Labute approximate surface area is 200 Å². The van der Waals surface area contributed by atoms with Crippen LogP contribution in [-0.2, 0) is 23.7 Å². The molecule has 0 amide bonds. The lowest BCUT2D eigenvalue weighted by molar-refractivity contribution is -0.280. The fourth-order valence-corrected chi connectivity index (χ4v) is 4.44. The lowest BCUT2D eigenvalue weighted by atomic mass is 9.93. The van der Waals surface area contributed by atoms with Gasteiger partial charge in [-0.25, -0.2) is 0 Å². The standard InChI is InChI=1S/C20H36O15/c21-1-8-14(26)18(30)15(27)11(34-8)5-33-20-16(28)9(2-22)35-12(17(20)29)6-32-19-10(3-23)31-4-7(24)13(19)25/h7-30H,1-6H2/t7?,8?,9?,10?,11-,12-,13+,14-,15?,16-,17?,18-,19-,20-/m0/s1. The Bertz CT molecular complexity index is 638. The first-order valence-electron chi connectivity index (χ1n) is 11.4. The van der Waals surface area contributed by atoms with E-state index in [2.05, 4.69) is 0 Å². The van der Waals surface area contributed by atoms with Crippen molar-refractivity contribution in [3.8, 4) is 0 Å². The summed E-state index contributed by atoms with van der Waals surface area (Å²) in [5.41, 5.74) is 0. The highest BCUT2D eigenvalue weighted by molar-refractivity contribution is 4.96. The molecule has 0 aromatic rings. The Morgan fingerprint density at radius 2 is 0.971 bits per heavy atom. The molecule has 0 bridgehead atoms. The van der Waals surface area contributed by atoms with Crippen LogP contribution >= 0.6 is 0 Å². The van der Waals surface area contributed by atoms with Crippen molar-refractivity contribution in [1.82, 2.24) is 0 Å². The zero-order valence-corrected chi connectivity index (χ0v) is 18.8. The van der Waals surface area contributed by atoms with E-state index in [0.717, 1.165) is 0 Å². The number of hydrogen-bond acceptors (Lipinski definition) is 15. The van der Waals surface area contributed by atoms with Gasteiger partial charge in [0.1, 0.15) is 85.5 Å². The zero-order chi connectivity index (χ0) is 25.9. The number of aliphatic hydroxyl groups is 10. The second-order valence-corrected chi connectivity index (χ2v) is 8.95. The third kappa shape index (κ3) is 6.28. The topological polar surface area (TPSA) is 248 Å². The SMILES string of the molecule is OCC1O[C@@H](CO[C@@H]2C(O)[C@H](CO[C@H]3C(CO)OCC(O)[C@H]3O)OC(CO)[C@@H]2O)C(O)[C@@H](O)[C@H]1O. The monoisotopic (exact) mass is 516 g/mol. The van der Waals surface area contributed by atoms with Gasteiger partial charge in [0.15, 0.2) is 0 Å². The van der Waals surface area contributed by atoms with Gasteiger partial charge < -0.3 is 74.7 Å².